The van der Waals surface area contributed by atoms with Gasteiger partial charge in [-0.05, 0) is 30.5 Å². The largest absolute Gasteiger partial charge is 0.338 e. The first-order valence-corrected chi connectivity index (χ1v) is 9.23. The Hall–Kier alpha value is -2.57. The highest BCUT2D eigenvalue weighted by Gasteiger charge is 2.17. The second kappa shape index (κ2) is 6.74. The molecule has 0 radical (unpaired) electrons. The number of rotatable bonds is 4. The van der Waals surface area contributed by atoms with Crippen LogP contribution in [0.3, 0.4) is 0 Å². The van der Waals surface area contributed by atoms with Crippen LogP contribution in [0.5, 0.6) is 0 Å². The number of hydrogen-bond donors (Lipinski definition) is 1. The number of thioether (sulfide) groups is 1. The Morgan fingerprint density at radius 3 is 2.52 bits per heavy atom. The smallest absolute Gasteiger partial charge is 0.169 e. The highest BCUT2D eigenvalue weighted by molar-refractivity contribution is 7.98. The van der Waals surface area contributed by atoms with Crippen molar-refractivity contribution in [1.29, 1.82) is 0 Å². The summed E-state index contributed by atoms with van der Waals surface area (Å²) in [5, 5.41) is 10.4. The molecule has 25 heavy (non-hydrogen) atoms. The van der Waals surface area contributed by atoms with E-state index in [0.29, 0.717) is 10.8 Å². The minimum absolute atomic E-state index is 0.635. The summed E-state index contributed by atoms with van der Waals surface area (Å²) in [6.45, 7) is 0. The molecule has 0 aliphatic heterocycles. The fraction of sp³-hybridized carbons (Fsp3) is 0.0556. The minimum Gasteiger partial charge on any atom is -0.338 e. The zero-order valence-corrected chi connectivity index (χ0v) is 14.9. The average molecular weight is 368 g/mol. The molecule has 2 aromatic heterocycles. The lowest BCUT2D eigenvalue weighted by molar-refractivity contribution is 0.852. The normalized spacial score (nSPS) is 11.0. The van der Waals surface area contributed by atoms with Crippen LogP contribution in [0.15, 0.2) is 66.0 Å². The van der Waals surface area contributed by atoms with Gasteiger partial charge in [0.1, 0.15) is 17.2 Å². The Labute approximate surface area is 154 Å². The maximum atomic E-state index is 6.27. The number of halogens is 1. The van der Waals surface area contributed by atoms with Gasteiger partial charge in [-0.2, -0.15) is 5.10 Å². The maximum absolute atomic E-state index is 6.27. The number of anilines is 2. The molecule has 5 nitrogen and oxygen atoms in total. The van der Waals surface area contributed by atoms with E-state index in [9.17, 15) is 0 Å². The molecular weight excluding hydrogens is 354 g/mol. The van der Waals surface area contributed by atoms with Crippen LogP contribution in [-0.2, 0) is 0 Å². The van der Waals surface area contributed by atoms with Crippen molar-refractivity contribution in [2.45, 2.75) is 5.03 Å². The summed E-state index contributed by atoms with van der Waals surface area (Å²) >= 11 is 7.83. The molecule has 0 unspecified atom stereocenters. The van der Waals surface area contributed by atoms with E-state index < -0.39 is 0 Å². The second-order valence-electron chi connectivity index (χ2n) is 5.28. The fourth-order valence-electron chi connectivity index (χ4n) is 2.60. The number of nitrogens with one attached hydrogen (secondary N) is 1. The molecule has 0 saturated carbocycles. The quantitative estimate of drug-likeness (QED) is 0.518. The molecule has 0 fully saturated rings. The maximum Gasteiger partial charge on any atom is 0.169 e. The van der Waals surface area contributed by atoms with Crippen molar-refractivity contribution in [2.75, 3.05) is 11.6 Å². The van der Waals surface area contributed by atoms with Crippen molar-refractivity contribution in [3.05, 3.63) is 65.9 Å². The van der Waals surface area contributed by atoms with Crippen LogP contribution in [0.4, 0.5) is 11.5 Å². The molecule has 0 amide bonds. The summed E-state index contributed by atoms with van der Waals surface area (Å²) in [4.78, 5) is 8.87. The highest BCUT2D eigenvalue weighted by atomic mass is 35.5. The summed E-state index contributed by atoms with van der Waals surface area (Å²) in [5.41, 5.74) is 2.50. The molecule has 124 valence electrons. The monoisotopic (exact) mass is 367 g/mol. The third-order valence-electron chi connectivity index (χ3n) is 3.75. The summed E-state index contributed by atoms with van der Waals surface area (Å²) in [6, 6.07) is 17.5. The van der Waals surface area contributed by atoms with E-state index in [1.54, 1.807) is 11.8 Å². The fourth-order valence-corrected chi connectivity index (χ4v) is 3.34. The van der Waals surface area contributed by atoms with Gasteiger partial charge >= 0.3 is 0 Å². The SMILES string of the molecule is CSc1nn(-c2ccccc2)c2ncnc(Nc3ccccc3Cl)c12. The molecule has 0 aliphatic carbocycles. The van der Waals surface area contributed by atoms with Crippen molar-refractivity contribution >= 4 is 45.9 Å². The molecule has 0 saturated heterocycles. The molecule has 4 aromatic rings. The molecule has 0 spiro atoms. The first kappa shape index (κ1) is 15.9. The average Bonchev–Trinajstić information content (AvgIpc) is 3.04. The van der Waals surface area contributed by atoms with Gasteiger partial charge < -0.3 is 5.32 Å². The number of hydrogen-bond acceptors (Lipinski definition) is 5. The minimum atomic E-state index is 0.635. The van der Waals surface area contributed by atoms with Crippen LogP contribution in [0.1, 0.15) is 0 Å². The molecule has 2 heterocycles. The van der Waals surface area contributed by atoms with Gasteiger partial charge in [0.25, 0.3) is 0 Å². The summed E-state index contributed by atoms with van der Waals surface area (Å²) in [5.74, 6) is 0.685. The molecule has 0 aliphatic rings. The standard InChI is InChI=1S/C18H14ClN5S/c1-25-18-15-16(22-14-10-6-5-9-13(14)19)20-11-21-17(15)24(23-18)12-7-3-2-4-8-12/h2-11H,1H3,(H,20,21,22). The van der Waals surface area contributed by atoms with Crippen LogP contribution in [-0.4, -0.2) is 26.0 Å². The van der Waals surface area contributed by atoms with Crippen LogP contribution >= 0.6 is 23.4 Å². The van der Waals surface area contributed by atoms with Crippen LogP contribution in [0.2, 0.25) is 5.02 Å². The van der Waals surface area contributed by atoms with Crippen LogP contribution in [0.25, 0.3) is 16.7 Å². The van der Waals surface area contributed by atoms with Gasteiger partial charge in [-0.25, -0.2) is 14.6 Å². The Morgan fingerprint density at radius 1 is 1.00 bits per heavy atom. The van der Waals surface area contributed by atoms with Crippen molar-refractivity contribution in [3.8, 4) is 5.69 Å². The summed E-state index contributed by atoms with van der Waals surface area (Å²) < 4.78 is 1.83. The number of benzene rings is 2. The van der Waals surface area contributed by atoms with Gasteiger partial charge in [-0.1, -0.05) is 41.9 Å². The van der Waals surface area contributed by atoms with Gasteiger partial charge in [-0.15, -0.1) is 11.8 Å². The van der Waals surface area contributed by atoms with Crippen LogP contribution < -0.4 is 5.32 Å². The molecule has 2 aromatic carbocycles. The molecular formula is C18H14ClN5S. The predicted octanol–water partition coefficient (Wildman–Crippen LogP) is 4.93. The number of aromatic nitrogens is 4. The third kappa shape index (κ3) is 2.94. The van der Waals surface area contributed by atoms with E-state index in [1.807, 2.05) is 65.5 Å². The van der Waals surface area contributed by atoms with E-state index in [0.717, 1.165) is 27.4 Å². The molecule has 7 heteroatoms. The number of fused-ring (bicyclic) bond motifs is 1. The topological polar surface area (TPSA) is 55.6 Å². The van der Waals surface area contributed by atoms with Gasteiger partial charge in [0.05, 0.1) is 21.8 Å². The zero-order valence-electron chi connectivity index (χ0n) is 13.3. The lowest BCUT2D eigenvalue weighted by atomic mass is 10.3. The lowest BCUT2D eigenvalue weighted by Gasteiger charge is -2.08. The Balaban J connectivity index is 1.89. The van der Waals surface area contributed by atoms with E-state index >= 15 is 0 Å². The molecule has 0 bridgehead atoms. The van der Waals surface area contributed by atoms with E-state index in [-0.39, 0.29) is 0 Å². The first-order chi connectivity index (χ1) is 12.3. The Bertz CT molecular complexity index is 1030. The van der Waals surface area contributed by atoms with E-state index in [2.05, 4.69) is 15.3 Å². The molecule has 1 N–H and O–H groups in total. The van der Waals surface area contributed by atoms with Gasteiger partial charge in [0.15, 0.2) is 5.65 Å². The third-order valence-corrected chi connectivity index (χ3v) is 4.76. The van der Waals surface area contributed by atoms with Crippen molar-refractivity contribution < 1.29 is 0 Å². The molecule has 0 atom stereocenters. The Morgan fingerprint density at radius 2 is 1.76 bits per heavy atom. The predicted molar refractivity (Wildman–Crippen MR) is 103 cm³/mol. The number of para-hydroxylation sites is 2. The number of nitrogens with zero attached hydrogens (tertiary/aromatic N) is 4. The zero-order chi connectivity index (χ0) is 17.2. The van der Waals surface area contributed by atoms with Crippen LogP contribution in [0, 0.1) is 0 Å². The Kier molecular flexibility index (Phi) is 4.29. The van der Waals surface area contributed by atoms with E-state index in [1.165, 1.54) is 6.33 Å². The van der Waals surface area contributed by atoms with E-state index in [4.69, 9.17) is 16.7 Å². The first-order valence-electron chi connectivity index (χ1n) is 7.62. The molecule has 4 rings (SSSR count). The van der Waals surface area contributed by atoms with Crippen molar-refractivity contribution in [2.24, 2.45) is 0 Å². The lowest BCUT2D eigenvalue weighted by Crippen LogP contribution is -1.99. The highest BCUT2D eigenvalue weighted by Crippen LogP contribution is 2.33. The van der Waals surface area contributed by atoms with Crippen molar-refractivity contribution in [1.82, 2.24) is 19.7 Å². The van der Waals surface area contributed by atoms with Gasteiger partial charge in [0, 0.05) is 0 Å². The van der Waals surface area contributed by atoms with Gasteiger partial charge in [0.2, 0.25) is 0 Å². The second-order valence-corrected chi connectivity index (χ2v) is 6.48. The van der Waals surface area contributed by atoms with Gasteiger partial charge in [-0.3, -0.25) is 0 Å². The summed E-state index contributed by atoms with van der Waals surface area (Å²) in [6.07, 6.45) is 3.52. The van der Waals surface area contributed by atoms with Crippen molar-refractivity contribution in [3.63, 3.8) is 0 Å². The summed E-state index contributed by atoms with van der Waals surface area (Å²) in [7, 11) is 0.